The fraction of sp³-hybridized carbons (Fsp3) is 0.0625. The van der Waals surface area contributed by atoms with Gasteiger partial charge in [-0.1, -0.05) is 48.6 Å². The van der Waals surface area contributed by atoms with Crippen LogP contribution in [0.2, 0.25) is 0 Å². The summed E-state index contributed by atoms with van der Waals surface area (Å²) in [5.41, 5.74) is 5.33. The lowest BCUT2D eigenvalue weighted by molar-refractivity contribution is 1.33. The lowest BCUT2D eigenvalue weighted by Crippen LogP contribution is -1.87. The summed E-state index contributed by atoms with van der Waals surface area (Å²) >= 11 is 0. The summed E-state index contributed by atoms with van der Waals surface area (Å²) < 4.78 is 0. The number of para-hydroxylation sites is 2. The number of H-pyrrole nitrogens is 1. The van der Waals surface area contributed by atoms with E-state index in [1.807, 2.05) is 43.3 Å². The standard InChI is InChI=1S/C16H14N2/c1-11(2)12-7-3-4-8-13(12)16-17-14-9-5-6-10-15(14)18-16/h3-10H,1H2,2H3,(H,17,18). The molecule has 3 aromatic rings. The fourth-order valence-corrected chi connectivity index (χ4v) is 2.14. The Hall–Kier alpha value is -2.35. The van der Waals surface area contributed by atoms with E-state index in [2.05, 4.69) is 28.7 Å². The number of fused-ring (bicyclic) bond motifs is 1. The third kappa shape index (κ3) is 1.72. The molecule has 18 heavy (non-hydrogen) atoms. The van der Waals surface area contributed by atoms with Gasteiger partial charge in [0.25, 0.3) is 0 Å². The average molecular weight is 234 g/mol. The lowest BCUT2D eigenvalue weighted by Gasteiger charge is -2.05. The molecule has 0 radical (unpaired) electrons. The molecule has 0 saturated heterocycles. The molecule has 0 saturated carbocycles. The van der Waals surface area contributed by atoms with E-state index in [1.54, 1.807) is 0 Å². The Kier molecular flexibility index (Phi) is 2.49. The van der Waals surface area contributed by atoms with Gasteiger partial charge in [0, 0.05) is 5.56 Å². The topological polar surface area (TPSA) is 28.7 Å². The summed E-state index contributed by atoms with van der Waals surface area (Å²) in [5.74, 6) is 0.898. The van der Waals surface area contributed by atoms with Gasteiger partial charge in [0.15, 0.2) is 0 Å². The van der Waals surface area contributed by atoms with Crippen LogP contribution in [-0.4, -0.2) is 9.97 Å². The van der Waals surface area contributed by atoms with Gasteiger partial charge in [-0.05, 0) is 24.6 Å². The van der Waals surface area contributed by atoms with Crippen LogP contribution >= 0.6 is 0 Å². The Bertz CT molecular complexity index is 690. The Morgan fingerprint density at radius 1 is 1.06 bits per heavy atom. The second-order valence-electron chi connectivity index (χ2n) is 4.43. The molecule has 88 valence electrons. The molecule has 1 heterocycles. The fourth-order valence-electron chi connectivity index (χ4n) is 2.14. The highest BCUT2D eigenvalue weighted by Crippen LogP contribution is 2.27. The van der Waals surface area contributed by atoms with Crippen molar-refractivity contribution in [3.8, 4) is 11.4 Å². The molecular formula is C16H14N2. The Morgan fingerprint density at radius 3 is 2.56 bits per heavy atom. The van der Waals surface area contributed by atoms with Crippen molar-refractivity contribution in [2.24, 2.45) is 0 Å². The number of benzene rings is 2. The van der Waals surface area contributed by atoms with Crippen molar-refractivity contribution in [2.75, 3.05) is 0 Å². The van der Waals surface area contributed by atoms with Gasteiger partial charge in [0.1, 0.15) is 5.82 Å². The molecule has 0 atom stereocenters. The molecular weight excluding hydrogens is 220 g/mol. The van der Waals surface area contributed by atoms with Crippen molar-refractivity contribution in [2.45, 2.75) is 6.92 Å². The summed E-state index contributed by atoms with van der Waals surface area (Å²) in [5, 5.41) is 0. The van der Waals surface area contributed by atoms with Crippen molar-refractivity contribution in [1.29, 1.82) is 0 Å². The molecule has 0 amide bonds. The highest BCUT2D eigenvalue weighted by molar-refractivity contribution is 5.83. The lowest BCUT2D eigenvalue weighted by atomic mass is 10.0. The summed E-state index contributed by atoms with van der Waals surface area (Å²) in [6.07, 6.45) is 0. The molecule has 0 aliphatic heterocycles. The number of hydrogen-bond donors (Lipinski definition) is 1. The first kappa shape index (κ1) is 10.8. The highest BCUT2D eigenvalue weighted by Gasteiger charge is 2.09. The van der Waals surface area contributed by atoms with Crippen LogP contribution in [0.5, 0.6) is 0 Å². The smallest absolute Gasteiger partial charge is 0.139 e. The minimum absolute atomic E-state index is 0.898. The van der Waals surface area contributed by atoms with Gasteiger partial charge in [-0.15, -0.1) is 0 Å². The van der Waals surface area contributed by atoms with E-state index in [9.17, 15) is 0 Å². The van der Waals surface area contributed by atoms with Crippen LogP contribution in [0.15, 0.2) is 55.1 Å². The van der Waals surface area contributed by atoms with Crippen molar-refractivity contribution < 1.29 is 0 Å². The molecule has 1 N–H and O–H groups in total. The molecule has 0 aliphatic carbocycles. The molecule has 0 bridgehead atoms. The zero-order valence-electron chi connectivity index (χ0n) is 10.3. The van der Waals surface area contributed by atoms with E-state index < -0.39 is 0 Å². The number of rotatable bonds is 2. The summed E-state index contributed by atoms with van der Waals surface area (Å²) in [7, 11) is 0. The molecule has 0 unspecified atom stereocenters. The largest absolute Gasteiger partial charge is 0.338 e. The molecule has 2 nitrogen and oxygen atoms in total. The van der Waals surface area contributed by atoms with Crippen molar-refractivity contribution in [1.82, 2.24) is 9.97 Å². The second kappa shape index (κ2) is 4.15. The number of nitrogens with one attached hydrogen (secondary N) is 1. The van der Waals surface area contributed by atoms with Crippen LogP contribution < -0.4 is 0 Å². The predicted octanol–water partition coefficient (Wildman–Crippen LogP) is 4.26. The first-order chi connectivity index (χ1) is 8.75. The van der Waals surface area contributed by atoms with Gasteiger partial charge >= 0.3 is 0 Å². The van der Waals surface area contributed by atoms with Gasteiger partial charge in [-0.3, -0.25) is 0 Å². The molecule has 1 aromatic heterocycles. The summed E-state index contributed by atoms with van der Waals surface area (Å²) in [6, 6.07) is 16.2. The van der Waals surface area contributed by atoms with Crippen molar-refractivity contribution in [3.63, 3.8) is 0 Å². The van der Waals surface area contributed by atoms with E-state index in [4.69, 9.17) is 0 Å². The first-order valence-corrected chi connectivity index (χ1v) is 5.96. The molecule has 3 rings (SSSR count). The molecule has 2 aromatic carbocycles. The van der Waals surface area contributed by atoms with Crippen LogP contribution in [0.4, 0.5) is 0 Å². The number of imidazole rings is 1. The normalized spacial score (nSPS) is 10.7. The minimum atomic E-state index is 0.898. The number of hydrogen-bond acceptors (Lipinski definition) is 1. The SMILES string of the molecule is C=C(C)c1ccccc1-c1nc2ccccc2[nH]1. The molecule has 2 heteroatoms. The zero-order valence-corrected chi connectivity index (χ0v) is 10.3. The van der Waals surface area contributed by atoms with E-state index in [0.29, 0.717) is 0 Å². The van der Waals surface area contributed by atoms with Gasteiger partial charge < -0.3 is 4.98 Å². The minimum Gasteiger partial charge on any atom is -0.338 e. The van der Waals surface area contributed by atoms with E-state index in [0.717, 1.165) is 33.6 Å². The van der Waals surface area contributed by atoms with Gasteiger partial charge in [-0.2, -0.15) is 0 Å². The van der Waals surface area contributed by atoms with E-state index >= 15 is 0 Å². The van der Waals surface area contributed by atoms with Crippen LogP contribution in [0.1, 0.15) is 12.5 Å². The zero-order chi connectivity index (χ0) is 12.5. The third-order valence-corrected chi connectivity index (χ3v) is 3.03. The monoisotopic (exact) mass is 234 g/mol. The maximum atomic E-state index is 4.63. The summed E-state index contributed by atoms with van der Waals surface area (Å²) in [6.45, 7) is 6.04. The van der Waals surface area contributed by atoms with Gasteiger partial charge in [0.05, 0.1) is 11.0 Å². The Balaban J connectivity index is 2.23. The average Bonchev–Trinajstić information content (AvgIpc) is 2.82. The number of allylic oxidation sites excluding steroid dienone is 1. The summed E-state index contributed by atoms with van der Waals surface area (Å²) in [4.78, 5) is 7.98. The van der Waals surface area contributed by atoms with Crippen molar-refractivity contribution in [3.05, 3.63) is 60.7 Å². The maximum Gasteiger partial charge on any atom is 0.139 e. The Morgan fingerprint density at radius 2 is 1.78 bits per heavy atom. The van der Waals surface area contributed by atoms with Crippen molar-refractivity contribution >= 4 is 16.6 Å². The van der Waals surface area contributed by atoms with Gasteiger partial charge in [-0.25, -0.2) is 4.98 Å². The van der Waals surface area contributed by atoms with E-state index in [-0.39, 0.29) is 0 Å². The molecule has 0 fully saturated rings. The van der Waals surface area contributed by atoms with Crippen LogP contribution in [-0.2, 0) is 0 Å². The Labute approximate surface area is 106 Å². The highest BCUT2D eigenvalue weighted by atomic mass is 14.9. The first-order valence-electron chi connectivity index (χ1n) is 5.96. The predicted molar refractivity (Wildman–Crippen MR) is 76.2 cm³/mol. The van der Waals surface area contributed by atoms with Crippen LogP contribution in [0.3, 0.4) is 0 Å². The van der Waals surface area contributed by atoms with Crippen LogP contribution in [0.25, 0.3) is 28.0 Å². The second-order valence-corrected chi connectivity index (χ2v) is 4.43. The number of aromatic amines is 1. The molecule has 0 spiro atoms. The quantitative estimate of drug-likeness (QED) is 0.705. The van der Waals surface area contributed by atoms with Gasteiger partial charge in [0.2, 0.25) is 0 Å². The molecule has 0 aliphatic rings. The number of nitrogens with zero attached hydrogens (tertiary/aromatic N) is 1. The number of aromatic nitrogens is 2. The van der Waals surface area contributed by atoms with E-state index in [1.165, 1.54) is 0 Å². The third-order valence-electron chi connectivity index (χ3n) is 3.03. The van der Waals surface area contributed by atoms with Crippen LogP contribution in [0, 0.1) is 0 Å². The maximum absolute atomic E-state index is 4.63.